The normalized spacial score (nSPS) is 11.8. The lowest BCUT2D eigenvalue weighted by Gasteiger charge is -2.17. The van der Waals surface area contributed by atoms with Gasteiger partial charge in [0.1, 0.15) is 17.1 Å². The van der Waals surface area contributed by atoms with Gasteiger partial charge < -0.3 is 10.3 Å². The minimum atomic E-state index is -4.98. The molecule has 144 valence electrons. The van der Waals surface area contributed by atoms with Gasteiger partial charge in [-0.1, -0.05) is 12.1 Å². The SMILES string of the molecule is COc1ccc(Cn2nc(C(F)(F)F)c(C(C)(C)F)c2C(=O)C=[N+]=[N-])cc1. The first-order valence-electron chi connectivity index (χ1n) is 7.71. The molecular weight excluding hydrogens is 368 g/mol. The van der Waals surface area contributed by atoms with Gasteiger partial charge in [0.15, 0.2) is 5.69 Å². The van der Waals surface area contributed by atoms with Crippen molar-refractivity contribution in [2.75, 3.05) is 7.11 Å². The Hall–Kier alpha value is -3.00. The molecule has 0 amide bonds. The van der Waals surface area contributed by atoms with E-state index in [1.165, 1.54) is 7.11 Å². The van der Waals surface area contributed by atoms with Crippen molar-refractivity contribution in [1.29, 1.82) is 0 Å². The molecule has 1 aromatic carbocycles. The maximum atomic E-state index is 14.6. The predicted octanol–water partition coefficient (Wildman–Crippen LogP) is 3.65. The van der Waals surface area contributed by atoms with Crippen LogP contribution in [-0.4, -0.2) is 33.7 Å². The highest BCUT2D eigenvalue weighted by Gasteiger charge is 2.45. The second-order valence-corrected chi connectivity index (χ2v) is 6.16. The smallest absolute Gasteiger partial charge is 0.435 e. The van der Waals surface area contributed by atoms with Crippen molar-refractivity contribution in [3.63, 3.8) is 0 Å². The van der Waals surface area contributed by atoms with Gasteiger partial charge in [-0.05, 0) is 31.5 Å². The van der Waals surface area contributed by atoms with E-state index in [2.05, 4.69) is 9.89 Å². The van der Waals surface area contributed by atoms with Crippen molar-refractivity contribution in [2.45, 2.75) is 32.2 Å². The van der Waals surface area contributed by atoms with Crippen LogP contribution in [0.15, 0.2) is 24.3 Å². The molecule has 0 radical (unpaired) electrons. The molecule has 27 heavy (non-hydrogen) atoms. The molecule has 0 aliphatic carbocycles. The third-order valence-electron chi connectivity index (χ3n) is 3.72. The minimum Gasteiger partial charge on any atom is -0.497 e. The number of alkyl halides is 4. The molecule has 0 saturated heterocycles. The van der Waals surface area contributed by atoms with Gasteiger partial charge in [-0.15, -0.1) is 0 Å². The average molecular weight is 384 g/mol. The summed E-state index contributed by atoms with van der Waals surface area (Å²) >= 11 is 0. The first kappa shape index (κ1) is 20.3. The van der Waals surface area contributed by atoms with E-state index in [1.807, 2.05) is 0 Å². The predicted molar refractivity (Wildman–Crippen MR) is 87.5 cm³/mol. The summed E-state index contributed by atoms with van der Waals surface area (Å²) in [5, 5.41) is 3.45. The maximum Gasteiger partial charge on any atom is 0.435 e. The fraction of sp³-hybridized carbons (Fsp3) is 0.353. The van der Waals surface area contributed by atoms with Gasteiger partial charge in [-0.2, -0.15) is 23.1 Å². The van der Waals surface area contributed by atoms with Gasteiger partial charge in [-0.25, -0.2) is 4.39 Å². The Labute approximate surface area is 152 Å². The highest BCUT2D eigenvalue weighted by atomic mass is 19.4. The molecule has 0 N–H and O–H groups in total. The Balaban J connectivity index is 2.69. The van der Waals surface area contributed by atoms with Gasteiger partial charge in [0.05, 0.1) is 19.2 Å². The van der Waals surface area contributed by atoms with Crippen LogP contribution in [-0.2, 0) is 18.4 Å². The first-order valence-corrected chi connectivity index (χ1v) is 7.71. The van der Waals surface area contributed by atoms with Crippen molar-refractivity contribution in [2.24, 2.45) is 0 Å². The molecule has 0 unspecified atom stereocenters. The molecule has 0 atom stereocenters. The van der Waals surface area contributed by atoms with Crippen molar-refractivity contribution < 1.29 is 31.9 Å². The lowest BCUT2D eigenvalue weighted by Crippen LogP contribution is -2.21. The monoisotopic (exact) mass is 384 g/mol. The summed E-state index contributed by atoms with van der Waals surface area (Å²) in [5.41, 5.74) is 3.53. The molecule has 0 fully saturated rings. The van der Waals surface area contributed by atoms with E-state index in [4.69, 9.17) is 10.3 Å². The van der Waals surface area contributed by atoms with Crippen molar-refractivity contribution in [3.05, 3.63) is 52.3 Å². The van der Waals surface area contributed by atoms with Crippen LogP contribution >= 0.6 is 0 Å². The van der Waals surface area contributed by atoms with Gasteiger partial charge in [0.25, 0.3) is 5.78 Å². The molecule has 0 saturated carbocycles. The number of aromatic nitrogens is 2. The summed E-state index contributed by atoms with van der Waals surface area (Å²) in [6.45, 7) is 1.55. The molecule has 0 aliphatic rings. The number of methoxy groups -OCH3 is 1. The highest BCUT2D eigenvalue weighted by molar-refractivity contribution is 6.33. The molecule has 2 aromatic rings. The van der Waals surface area contributed by atoms with Crippen LogP contribution in [0.25, 0.3) is 5.53 Å². The van der Waals surface area contributed by atoms with E-state index in [9.17, 15) is 22.4 Å². The molecule has 2 rings (SSSR count). The van der Waals surface area contributed by atoms with E-state index < -0.39 is 34.6 Å². The van der Waals surface area contributed by atoms with Crippen LogP contribution in [0.5, 0.6) is 5.75 Å². The third kappa shape index (κ3) is 4.40. The lowest BCUT2D eigenvalue weighted by molar-refractivity contribution is -0.143. The zero-order valence-electron chi connectivity index (χ0n) is 14.7. The van der Waals surface area contributed by atoms with Crippen molar-refractivity contribution in [3.8, 4) is 5.75 Å². The van der Waals surface area contributed by atoms with Crippen LogP contribution in [0.1, 0.15) is 41.2 Å². The van der Waals surface area contributed by atoms with Gasteiger partial charge in [-0.3, -0.25) is 9.48 Å². The number of ketones is 1. The van der Waals surface area contributed by atoms with Crippen LogP contribution in [0.4, 0.5) is 17.6 Å². The molecule has 10 heteroatoms. The number of halogens is 4. The van der Waals surface area contributed by atoms with Crippen LogP contribution in [0, 0.1) is 0 Å². The first-order chi connectivity index (χ1) is 12.5. The number of nitrogens with zero attached hydrogens (tertiary/aromatic N) is 4. The summed E-state index contributed by atoms with van der Waals surface area (Å²) in [5.74, 6) is -0.570. The standard InChI is InChI=1S/C17H16F4N4O2/c1-16(2,18)13-14(12(26)8-23-22)25(24-15(13)17(19,20)21)9-10-4-6-11(27-3)7-5-10/h4-8H,9H2,1-3H3. The summed E-state index contributed by atoms with van der Waals surface area (Å²) in [7, 11) is 1.46. The van der Waals surface area contributed by atoms with E-state index in [-0.39, 0.29) is 6.54 Å². The van der Waals surface area contributed by atoms with Gasteiger partial charge >= 0.3 is 12.4 Å². The van der Waals surface area contributed by atoms with Gasteiger partial charge in [0, 0.05) is 0 Å². The number of benzene rings is 1. The molecule has 1 heterocycles. The third-order valence-corrected chi connectivity index (χ3v) is 3.72. The Morgan fingerprint density at radius 1 is 1.26 bits per heavy atom. The number of Topliss-reactive ketones (excluding diaryl/α,β-unsaturated/α-hetero) is 1. The average Bonchev–Trinajstić information content (AvgIpc) is 2.95. The summed E-state index contributed by atoms with van der Waals surface area (Å²) in [6.07, 6.45) is -4.58. The van der Waals surface area contributed by atoms with Crippen LogP contribution < -0.4 is 4.74 Å². The van der Waals surface area contributed by atoms with E-state index in [0.29, 0.717) is 17.5 Å². The maximum absolute atomic E-state index is 14.6. The number of carbonyl (C=O) groups excluding carboxylic acids is 1. The minimum absolute atomic E-state index is 0.233. The molecule has 6 nitrogen and oxygen atoms in total. The molecular formula is C17H16F4N4O2. The second kappa shape index (κ2) is 7.32. The number of carbonyl (C=O) groups is 1. The summed E-state index contributed by atoms with van der Waals surface area (Å²) < 4.78 is 60.6. The largest absolute Gasteiger partial charge is 0.497 e. The Morgan fingerprint density at radius 2 is 1.85 bits per heavy atom. The number of hydrogen-bond donors (Lipinski definition) is 0. The zero-order chi connectivity index (χ0) is 20.4. The Bertz CT molecular complexity index is 889. The van der Waals surface area contributed by atoms with Crippen molar-refractivity contribution >= 4 is 12.0 Å². The van der Waals surface area contributed by atoms with E-state index in [0.717, 1.165) is 18.5 Å². The molecule has 0 bridgehead atoms. The fourth-order valence-electron chi connectivity index (χ4n) is 2.61. The van der Waals surface area contributed by atoms with Crippen molar-refractivity contribution in [1.82, 2.24) is 9.78 Å². The van der Waals surface area contributed by atoms with E-state index >= 15 is 0 Å². The number of hydrogen-bond acceptors (Lipinski definition) is 3. The zero-order valence-corrected chi connectivity index (χ0v) is 14.7. The Kier molecular flexibility index (Phi) is 5.51. The summed E-state index contributed by atoms with van der Waals surface area (Å²) in [6, 6.07) is 6.31. The quantitative estimate of drug-likeness (QED) is 0.251. The number of ether oxygens (including phenoxy) is 1. The van der Waals surface area contributed by atoms with E-state index in [1.54, 1.807) is 24.3 Å². The Morgan fingerprint density at radius 3 is 2.30 bits per heavy atom. The molecule has 1 aromatic heterocycles. The number of rotatable bonds is 6. The second-order valence-electron chi connectivity index (χ2n) is 6.16. The van der Waals surface area contributed by atoms with Crippen LogP contribution in [0.2, 0.25) is 0 Å². The van der Waals surface area contributed by atoms with Crippen LogP contribution in [0.3, 0.4) is 0 Å². The lowest BCUT2D eigenvalue weighted by atomic mass is 9.95. The molecule has 0 aliphatic heterocycles. The highest BCUT2D eigenvalue weighted by Crippen LogP contribution is 2.40. The van der Waals surface area contributed by atoms with Gasteiger partial charge in [0.2, 0.25) is 0 Å². The fourth-order valence-corrected chi connectivity index (χ4v) is 2.61. The summed E-state index contributed by atoms with van der Waals surface area (Å²) in [4.78, 5) is 14.8. The molecule has 0 spiro atoms. The topological polar surface area (TPSA) is 80.5 Å².